The van der Waals surface area contributed by atoms with Crippen molar-refractivity contribution >= 4 is 16.9 Å². The second-order valence-electron chi connectivity index (χ2n) is 8.34. The average molecular weight is 460 g/mol. The average Bonchev–Trinajstić information content (AvgIpc) is 3.48. The molecule has 2 unspecified atom stereocenters. The van der Waals surface area contributed by atoms with Gasteiger partial charge in [-0.25, -0.2) is 9.97 Å². The lowest BCUT2D eigenvalue weighted by Crippen LogP contribution is -2.30. The molecule has 5 heterocycles. The molecule has 0 N–H and O–H groups in total. The zero-order valence-electron chi connectivity index (χ0n) is 18.2. The molecule has 0 radical (unpaired) electrons. The maximum Gasteiger partial charge on any atom is 0.388 e. The molecule has 4 aromatic rings. The van der Waals surface area contributed by atoms with Gasteiger partial charge in [-0.3, -0.25) is 9.48 Å². The Morgan fingerprint density at radius 2 is 1.97 bits per heavy atom. The highest BCUT2D eigenvalue weighted by Crippen LogP contribution is 2.49. The van der Waals surface area contributed by atoms with Gasteiger partial charge in [-0.2, -0.15) is 13.9 Å². The quantitative estimate of drug-likeness (QED) is 0.429. The molecule has 3 aromatic heterocycles. The summed E-state index contributed by atoms with van der Waals surface area (Å²) in [6.07, 6.45) is 5.33. The molecular formula is C24H18F2N6O2. The van der Waals surface area contributed by atoms with E-state index in [1.54, 1.807) is 28.9 Å². The number of amides is 1. The zero-order valence-corrected chi connectivity index (χ0v) is 18.2. The lowest BCUT2D eigenvalue weighted by Gasteiger charge is -2.24. The van der Waals surface area contributed by atoms with Gasteiger partial charge in [-0.15, -0.1) is 0 Å². The Balaban J connectivity index is 1.53. The molecule has 0 fully saturated rings. The van der Waals surface area contributed by atoms with Crippen molar-refractivity contribution in [1.82, 2.24) is 29.2 Å². The second kappa shape index (κ2) is 7.38. The first kappa shape index (κ1) is 20.4. The number of fused-ring (bicyclic) bond motifs is 9. The van der Waals surface area contributed by atoms with Crippen LogP contribution >= 0.6 is 0 Å². The van der Waals surface area contributed by atoms with Gasteiger partial charge in [0, 0.05) is 38.5 Å². The summed E-state index contributed by atoms with van der Waals surface area (Å²) in [6.45, 7) is -3.05. The van der Waals surface area contributed by atoms with Crippen LogP contribution in [-0.4, -0.2) is 48.8 Å². The number of imidazole rings is 1. The summed E-state index contributed by atoms with van der Waals surface area (Å²) in [7, 11) is 3.53. The van der Waals surface area contributed by atoms with E-state index in [0.717, 1.165) is 22.2 Å². The monoisotopic (exact) mass is 460 g/mol. The molecule has 0 saturated heterocycles. The Labute approximate surface area is 192 Å². The molecule has 1 aromatic carbocycles. The fraction of sp³-hybridized carbons (Fsp3) is 0.250. The van der Waals surface area contributed by atoms with Crippen LogP contribution in [0, 0.1) is 11.8 Å². The third kappa shape index (κ3) is 3.04. The molecule has 2 aliphatic rings. The molecule has 2 bridgehead atoms. The van der Waals surface area contributed by atoms with E-state index in [9.17, 15) is 13.6 Å². The summed E-state index contributed by atoms with van der Waals surface area (Å²) < 4.78 is 34.8. The highest BCUT2D eigenvalue weighted by atomic mass is 19.3. The maximum absolute atomic E-state index is 13.2. The number of aryl methyl sites for hydroxylation is 1. The third-order valence-electron chi connectivity index (χ3n) is 6.33. The Morgan fingerprint density at radius 1 is 1.15 bits per heavy atom. The van der Waals surface area contributed by atoms with Crippen LogP contribution < -0.4 is 4.74 Å². The van der Waals surface area contributed by atoms with Crippen molar-refractivity contribution in [3.8, 4) is 17.7 Å². The van der Waals surface area contributed by atoms with Crippen LogP contribution in [0.3, 0.4) is 0 Å². The van der Waals surface area contributed by atoms with E-state index >= 15 is 0 Å². The molecule has 0 aliphatic carbocycles. The van der Waals surface area contributed by atoms with Crippen LogP contribution in [0.5, 0.6) is 5.88 Å². The van der Waals surface area contributed by atoms with Gasteiger partial charge in [0.25, 0.3) is 5.91 Å². The number of rotatable bonds is 2. The van der Waals surface area contributed by atoms with Crippen molar-refractivity contribution in [3.05, 3.63) is 70.9 Å². The molecule has 0 spiro atoms. The smallest absolute Gasteiger partial charge is 0.388 e. The van der Waals surface area contributed by atoms with Gasteiger partial charge in [-0.05, 0) is 24.3 Å². The minimum atomic E-state index is -3.05. The fourth-order valence-electron chi connectivity index (χ4n) is 4.86. The topological polar surface area (TPSA) is 78.1 Å². The van der Waals surface area contributed by atoms with Crippen molar-refractivity contribution in [1.29, 1.82) is 0 Å². The zero-order chi connectivity index (χ0) is 23.6. The number of benzene rings is 1. The van der Waals surface area contributed by atoms with Crippen LogP contribution in [0.25, 0.3) is 11.0 Å². The van der Waals surface area contributed by atoms with E-state index in [4.69, 9.17) is 9.72 Å². The summed E-state index contributed by atoms with van der Waals surface area (Å²) in [5.74, 6) is 6.43. The van der Waals surface area contributed by atoms with E-state index in [0.29, 0.717) is 23.4 Å². The molecular weight excluding hydrogens is 442 g/mol. The predicted octanol–water partition coefficient (Wildman–Crippen LogP) is 3.29. The Hall–Kier alpha value is -4.26. The van der Waals surface area contributed by atoms with E-state index < -0.39 is 12.7 Å². The van der Waals surface area contributed by atoms with Gasteiger partial charge in [-0.1, -0.05) is 11.8 Å². The lowest BCUT2D eigenvalue weighted by molar-refractivity contribution is -0.0537. The van der Waals surface area contributed by atoms with Gasteiger partial charge >= 0.3 is 6.61 Å². The number of carbonyl (C=O) groups excluding carboxylic acids is 1. The molecule has 2 aliphatic heterocycles. The minimum absolute atomic E-state index is 0.234. The maximum atomic E-state index is 13.2. The largest absolute Gasteiger partial charge is 0.417 e. The molecule has 0 saturated carbocycles. The number of ether oxygens (including phenoxy) is 1. The minimum Gasteiger partial charge on any atom is -0.417 e. The van der Waals surface area contributed by atoms with Gasteiger partial charge in [0.1, 0.15) is 5.82 Å². The van der Waals surface area contributed by atoms with Crippen LogP contribution in [-0.2, 0) is 7.05 Å². The standard InChI is InChI=1S/C24H18F2N6O2/c1-30-12-14(11-28-30)4-3-13-5-6-16-17(9-13)32-18-10-19(21(32)29-16)31(2)23(33)15-7-8-27-22(20(15)18)34-24(25)26/h5-9,11-12,18-19,24H,10H2,1-2H3. The number of alkyl halides is 2. The number of pyridine rings is 1. The molecule has 8 nitrogen and oxygen atoms in total. The number of aromatic nitrogens is 5. The molecule has 1 amide bonds. The number of carbonyl (C=O) groups is 1. The highest BCUT2D eigenvalue weighted by Gasteiger charge is 2.45. The van der Waals surface area contributed by atoms with Crippen LogP contribution in [0.1, 0.15) is 51.4 Å². The van der Waals surface area contributed by atoms with Crippen molar-refractivity contribution in [2.24, 2.45) is 7.05 Å². The van der Waals surface area contributed by atoms with Gasteiger partial charge in [0.15, 0.2) is 0 Å². The van der Waals surface area contributed by atoms with E-state index in [-0.39, 0.29) is 17.8 Å². The first-order chi connectivity index (χ1) is 16.4. The Bertz CT molecular complexity index is 1530. The van der Waals surface area contributed by atoms with Crippen molar-refractivity contribution < 1.29 is 18.3 Å². The number of nitrogens with zero attached hydrogens (tertiary/aromatic N) is 6. The number of hydrogen-bond donors (Lipinski definition) is 0. The first-order valence-corrected chi connectivity index (χ1v) is 10.6. The van der Waals surface area contributed by atoms with E-state index in [2.05, 4.69) is 21.9 Å². The summed E-state index contributed by atoms with van der Waals surface area (Å²) >= 11 is 0. The van der Waals surface area contributed by atoms with Gasteiger partial charge in [0.05, 0.1) is 46.0 Å². The fourth-order valence-corrected chi connectivity index (χ4v) is 4.86. The summed E-state index contributed by atoms with van der Waals surface area (Å²) in [6, 6.07) is 6.50. The Morgan fingerprint density at radius 3 is 2.74 bits per heavy atom. The second-order valence-corrected chi connectivity index (χ2v) is 8.34. The molecule has 6 rings (SSSR count). The lowest BCUT2D eigenvalue weighted by atomic mass is 10.0. The third-order valence-corrected chi connectivity index (χ3v) is 6.33. The van der Waals surface area contributed by atoms with E-state index in [1.165, 1.54) is 6.20 Å². The molecule has 34 heavy (non-hydrogen) atoms. The normalized spacial score (nSPS) is 18.5. The van der Waals surface area contributed by atoms with Gasteiger partial charge in [0.2, 0.25) is 5.88 Å². The summed E-state index contributed by atoms with van der Waals surface area (Å²) in [5.41, 5.74) is 3.77. The first-order valence-electron chi connectivity index (χ1n) is 10.6. The SMILES string of the molecule is CN1C(=O)c2ccnc(OC(F)F)c2C2CC1c1nc3ccc(C#Cc4cnn(C)c4)cc3n12. The van der Waals surface area contributed by atoms with Crippen LogP contribution in [0.4, 0.5) is 8.78 Å². The molecule has 10 heteroatoms. The van der Waals surface area contributed by atoms with Crippen molar-refractivity contribution in [2.45, 2.75) is 25.1 Å². The Kier molecular flexibility index (Phi) is 4.42. The van der Waals surface area contributed by atoms with Crippen molar-refractivity contribution in [3.63, 3.8) is 0 Å². The summed E-state index contributed by atoms with van der Waals surface area (Å²) in [4.78, 5) is 23.6. The number of halogens is 2. The number of hydrogen-bond acceptors (Lipinski definition) is 5. The summed E-state index contributed by atoms with van der Waals surface area (Å²) in [5, 5.41) is 4.12. The van der Waals surface area contributed by atoms with Gasteiger partial charge < -0.3 is 14.2 Å². The van der Waals surface area contributed by atoms with Crippen molar-refractivity contribution in [2.75, 3.05) is 7.05 Å². The molecule has 170 valence electrons. The van der Waals surface area contributed by atoms with Crippen LogP contribution in [0.15, 0.2) is 42.9 Å². The molecule has 2 atom stereocenters. The van der Waals surface area contributed by atoms with Crippen LogP contribution in [0.2, 0.25) is 0 Å². The highest BCUT2D eigenvalue weighted by molar-refractivity contribution is 5.97. The predicted molar refractivity (Wildman–Crippen MR) is 117 cm³/mol. The van der Waals surface area contributed by atoms with E-state index in [1.807, 2.05) is 36.0 Å².